The van der Waals surface area contributed by atoms with Gasteiger partial charge in [0.25, 0.3) is 0 Å². The van der Waals surface area contributed by atoms with Crippen LogP contribution in [-0.4, -0.2) is 170 Å². The first kappa shape index (κ1) is 62.3. The van der Waals surface area contributed by atoms with Crippen LogP contribution in [0.1, 0.15) is 61.8 Å². The highest BCUT2D eigenvalue weighted by Crippen LogP contribution is 2.27. The molecule has 16 nitrogen and oxygen atoms in total. The van der Waals surface area contributed by atoms with Crippen molar-refractivity contribution in [3.8, 4) is 11.1 Å². The molecule has 0 unspecified atom stereocenters. The van der Waals surface area contributed by atoms with Crippen LogP contribution in [-0.2, 0) is 64.3 Å². The molecule has 0 saturated carbocycles. The number of carbonyl (C=O) groups excluding carboxylic acids is 6. The normalized spacial score (nSPS) is 17.1. The highest BCUT2D eigenvalue weighted by atomic mass is 19.4. The van der Waals surface area contributed by atoms with Gasteiger partial charge in [0.2, 0.25) is 23.6 Å². The van der Waals surface area contributed by atoms with Crippen molar-refractivity contribution < 1.29 is 64.6 Å². The van der Waals surface area contributed by atoms with Crippen LogP contribution in [0.3, 0.4) is 0 Å². The smallest absolute Gasteiger partial charge is 0.374 e. The number of nitrogens with zero attached hydrogens (tertiary/aromatic N) is 4. The Hall–Kier alpha value is -6.88. The number of halogens is 6. The van der Waals surface area contributed by atoms with E-state index < -0.39 is 84.0 Å². The fraction of sp³-hybridized carbons (Fsp3) is 0.483. The Balaban J connectivity index is 1.05. The molecule has 434 valence electrons. The minimum Gasteiger partial charge on any atom is -0.374 e. The van der Waals surface area contributed by atoms with E-state index in [1.165, 1.54) is 9.80 Å². The highest BCUT2D eigenvalue weighted by molar-refractivity contribution is 5.91. The Morgan fingerprint density at radius 3 is 1.21 bits per heavy atom. The van der Waals surface area contributed by atoms with Crippen LogP contribution >= 0.6 is 0 Å². The molecule has 4 N–H and O–H groups in total. The monoisotopic (exact) mass is 1120 g/mol. The van der Waals surface area contributed by atoms with Gasteiger partial charge in [-0.2, -0.15) is 26.3 Å². The van der Waals surface area contributed by atoms with Gasteiger partial charge in [0.1, 0.15) is 12.1 Å². The summed E-state index contributed by atoms with van der Waals surface area (Å²) < 4.78 is 94.9. The zero-order valence-corrected chi connectivity index (χ0v) is 45.5. The molecule has 0 aliphatic carbocycles. The van der Waals surface area contributed by atoms with Crippen molar-refractivity contribution >= 4 is 35.4 Å². The fourth-order valence-electron chi connectivity index (χ4n) is 9.65. The maximum absolute atomic E-state index is 14.2. The van der Waals surface area contributed by atoms with Crippen molar-refractivity contribution in [1.82, 2.24) is 40.9 Å². The van der Waals surface area contributed by atoms with Crippen LogP contribution in [0.2, 0.25) is 0 Å². The zero-order valence-electron chi connectivity index (χ0n) is 45.5. The van der Waals surface area contributed by atoms with Crippen molar-refractivity contribution in [3.05, 3.63) is 131 Å². The lowest BCUT2D eigenvalue weighted by Crippen LogP contribution is -2.57. The summed E-state index contributed by atoms with van der Waals surface area (Å²) in [4.78, 5) is 84.2. The van der Waals surface area contributed by atoms with Gasteiger partial charge in [-0.3, -0.25) is 28.8 Å². The average molecular weight is 1120 g/mol. The van der Waals surface area contributed by atoms with Gasteiger partial charge in [0.15, 0.2) is 0 Å². The predicted octanol–water partition coefficient (Wildman–Crippen LogP) is 5.82. The number of carbonyl (C=O) groups is 6. The lowest BCUT2D eigenvalue weighted by Gasteiger charge is -2.33. The Bertz CT molecular complexity index is 2470. The van der Waals surface area contributed by atoms with E-state index in [4.69, 9.17) is 9.47 Å². The summed E-state index contributed by atoms with van der Waals surface area (Å²) in [5.41, 5.74) is 4.71. The van der Waals surface area contributed by atoms with Gasteiger partial charge in [-0.1, -0.05) is 109 Å². The Morgan fingerprint density at radius 1 is 0.537 bits per heavy atom. The summed E-state index contributed by atoms with van der Waals surface area (Å²) in [6.45, 7) is 2.20. The van der Waals surface area contributed by atoms with Gasteiger partial charge in [0.05, 0.1) is 38.5 Å². The molecule has 2 fully saturated rings. The van der Waals surface area contributed by atoms with E-state index in [1.807, 2.05) is 48.5 Å². The average Bonchev–Trinajstić information content (AvgIpc) is 4.16. The van der Waals surface area contributed by atoms with Gasteiger partial charge in [0, 0.05) is 51.4 Å². The number of alkyl halides is 6. The van der Waals surface area contributed by atoms with Crippen molar-refractivity contribution in [3.63, 3.8) is 0 Å². The largest absolute Gasteiger partial charge is 0.471 e. The van der Waals surface area contributed by atoms with E-state index in [1.54, 1.807) is 88.6 Å². The lowest BCUT2D eigenvalue weighted by molar-refractivity contribution is -0.186. The summed E-state index contributed by atoms with van der Waals surface area (Å²) in [6.07, 6.45) is -8.14. The van der Waals surface area contributed by atoms with Crippen LogP contribution in [0, 0.1) is 0 Å². The Labute approximate surface area is 462 Å². The number of ether oxygens (including phenoxy) is 2. The lowest BCUT2D eigenvalue weighted by atomic mass is 10.0. The predicted molar refractivity (Wildman–Crippen MR) is 287 cm³/mol. The second-order valence-electron chi connectivity index (χ2n) is 20.2. The molecular weight excluding hydrogens is 1050 g/mol. The number of benzene rings is 4. The van der Waals surface area contributed by atoms with Crippen LogP contribution in [0.25, 0.3) is 11.1 Å². The molecule has 6 rings (SSSR count). The van der Waals surface area contributed by atoms with E-state index in [0.29, 0.717) is 25.7 Å². The summed E-state index contributed by atoms with van der Waals surface area (Å²) in [6, 6.07) is 27.4. The van der Waals surface area contributed by atoms with E-state index >= 15 is 0 Å². The summed E-state index contributed by atoms with van der Waals surface area (Å²) >= 11 is 0. The van der Waals surface area contributed by atoms with Crippen molar-refractivity contribution in [1.29, 1.82) is 0 Å². The van der Waals surface area contributed by atoms with Gasteiger partial charge in [-0.25, -0.2) is 0 Å². The molecule has 22 heteroatoms. The first-order valence-electron chi connectivity index (χ1n) is 26.9. The quantitative estimate of drug-likeness (QED) is 0.0532. The third kappa shape index (κ3) is 18.1. The minimum absolute atomic E-state index is 0.0513. The molecule has 6 atom stereocenters. The number of likely N-dealkylation sites (tertiary alicyclic amines) is 2. The standard InChI is InChI=1S/C58H72F6N8O8/c1-39(65-3)51(73)67-49(53(75)71-29-11-17-47(71)33-69(55(77)57(59,60)61)31-27-41-13-7-5-8-14-41)37-79-35-43-19-23-45(24-20-43)46-25-21-44(22-26-46)36-80-38-50(68-52(74)40(2)66-4)54(76)72-30-12-18-48(72)34-70(56(78)58(62,63)64)32-28-42-15-9-6-10-16-42/h5-10,13-16,19-26,39-40,47-50,65-66H,11-12,17-18,27-38H2,1-4H3,(H,67,73)(H,68,74)/t39-,40-,47-,48-,49-,50-/m0/s1. The molecule has 2 aliphatic heterocycles. The topological polar surface area (TPSA) is 182 Å². The number of nitrogens with one attached hydrogen (secondary N) is 4. The number of rotatable bonds is 27. The van der Waals surface area contributed by atoms with Crippen molar-refractivity contribution in [2.24, 2.45) is 0 Å². The van der Waals surface area contributed by atoms with Crippen LogP contribution < -0.4 is 21.3 Å². The zero-order chi connectivity index (χ0) is 58.0. The minimum atomic E-state index is -5.11. The number of amides is 6. The summed E-state index contributed by atoms with van der Waals surface area (Å²) in [5.74, 6) is -6.00. The van der Waals surface area contributed by atoms with Crippen LogP contribution in [0.4, 0.5) is 26.3 Å². The van der Waals surface area contributed by atoms with Crippen LogP contribution in [0.5, 0.6) is 0 Å². The van der Waals surface area contributed by atoms with Crippen molar-refractivity contribution in [2.75, 3.05) is 66.6 Å². The second-order valence-corrected chi connectivity index (χ2v) is 20.2. The third-order valence-electron chi connectivity index (χ3n) is 14.5. The highest BCUT2D eigenvalue weighted by Gasteiger charge is 2.46. The van der Waals surface area contributed by atoms with Crippen LogP contribution in [0.15, 0.2) is 109 Å². The van der Waals surface area contributed by atoms with Crippen molar-refractivity contribution in [2.45, 2.75) is 114 Å². The Kier molecular flexibility index (Phi) is 23.0. The molecule has 4 aromatic carbocycles. The van der Waals surface area contributed by atoms with Gasteiger partial charge in [-0.05, 0) is 99.8 Å². The summed E-state index contributed by atoms with van der Waals surface area (Å²) in [7, 11) is 3.17. The first-order chi connectivity index (χ1) is 38.2. The van der Waals surface area contributed by atoms with Gasteiger partial charge >= 0.3 is 24.2 Å². The maximum Gasteiger partial charge on any atom is 0.471 e. The molecule has 80 heavy (non-hydrogen) atoms. The van der Waals surface area contributed by atoms with Gasteiger partial charge in [-0.15, -0.1) is 0 Å². The molecule has 4 aromatic rings. The van der Waals surface area contributed by atoms with Gasteiger partial charge < -0.3 is 50.3 Å². The number of hydrogen-bond acceptors (Lipinski definition) is 10. The number of likely N-dealkylation sites (N-methyl/N-ethyl adjacent to an activating group) is 2. The second kappa shape index (κ2) is 29.5. The maximum atomic E-state index is 14.2. The van der Waals surface area contributed by atoms with E-state index in [0.717, 1.165) is 43.2 Å². The van der Waals surface area contributed by atoms with E-state index in [2.05, 4.69) is 21.3 Å². The molecule has 0 radical (unpaired) electrons. The molecule has 6 amide bonds. The fourth-order valence-corrected chi connectivity index (χ4v) is 9.65. The molecule has 0 aromatic heterocycles. The molecule has 2 saturated heterocycles. The molecule has 2 heterocycles. The number of hydrogen-bond donors (Lipinski definition) is 4. The molecular formula is C58H72F6N8O8. The van der Waals surface area contributed by atoms with E-state index in [9.17, 15) is 55.1 Å². The Morgan fingerprint density at radius 2 is 0.887 bits per heavy atom. The van der Waals surface area contributed by atoms with E-state index in [-0.39, 0.29) is 78.5 Å². The molecule has 2 aliphatic rings. The third-order valence-corrected chi connectivity index (χ3v) is 14.5. The summed E-state index contributed by atoms with van der Waals surface area (Å²) in [5, 5.41) is 11.1. The SMILES string of the molecule is CN[C@@H](C)C(=O)N[C@@H](COCc1ccc(-c2ccc(COC[C@H](NC(=O)[C@H](C)NC)C(=O)N3CCC[C@H]3CN(CCc3ccccc3)C(=O)C(F)(F)F)cc2)cc1)C(=O)N1CCC[C@H]1CN(CCc1ccccc1)C(=O)C(F)(F)F. The molecule has 0 spiro atoms. The first-order valence-corrected chi connectivity index (χ1v) is 26.9. The molecule has 0 bridgehead atoms.